The van der Waals surface area contributed by atoms with Gasteiger partial charge in [-0.1, -0.05) is 0 Å². The summed E-state index contributed by atoms with van der Waals surface area (Å²) in [6.07, 6.45) is 1.97. The van der Waals surface area contributed by atoms with Crippen molar-refractivity contribution in [3.63, 3.8) is 0 Å². The number of hydrogen-bond donors (Lipinski definition) is 2. The van der Waals surface area contributed by atoms with E-state index >= 15 is 0 Å². The number of nitrogens with two attached hydrogens (primary N) is 1. The van der Waals surface area contributed by atoms with Crippen LogP contribution in [0.4, 0.5) is 16.0 Å². The molecule has 0 saturated carbocycles. The normalized spacial score (nSPS) is 12.6. The largest absolute Gasteiger partial charge is 0.489 e. The van der Waals surface area contributed by atoms with Crippen LogP contribution in [0.3, 0.4) is 0 Å². The van der Waals surface area contributed by atoms with Crippen LogP contribution in [0.2, 0.25) is 0 Å². The zero-order valence-electron chi connectivity index (χ0n) is 13.2. The third-order valence-corrected chi connectivity index (χ3v) is 4.11. The van der Waals surface area contributed by atoms with E-state index in [0.29, 0.717) is 37.5 Å². The van der Waals surface area contributed by atoms with Crippen LogP contribution in [0.1, 0.15) is 11.3 Å². The minimum atomic E-state index is -0.374. The number of nitrogens with zero attached hydrogens (tertiary/aromatic N) is 5. The molecule has 0 fully saturated rings. The van der Waals surface area contributed by atoms with Gasteiger partial charge in [-0.05, 0) is 12.1 Å². The van der Waals surface area contributed by atoms with E-state index in [1.54, 1.807) is 6.07 Å². The summed E-state index contributed by atoms with van der Waals surface area (Å²) in [4.78, 5) is 7.84. The molecule has 0 amide bonds. The molecule has 25 heavy (non-hydrogen) atoms. The number of hydrogen-bond acceptors (Lipinski definition) is 7. The summed E-state index contributed by atoms with van der Waals surface area (Å²) in [7, 11) is 0. The maximum atomic E-state index is 13.9. The lowest BCUT2D eigenvalue weighted by molar-refractivity contribution is 0.297. The van der Waals surface area contributed by atoms with Gasteiger partial charge >= 0.3 is 0 Å². The Balaban J connectivity index is 1.58. The molecular formula is C16H14FN7O. The fourth-order valence-corrected chi connectivity index (χ4v) is 2.98. The van der Waals surface area contributed by atoms with E-state index in [0.717, 1.165) is 11.1 Å². The third-order valence-electron chi connectivity index (χ3n) is 4.11. The highest BCUT2D eigenvalue weighted by Gasteiger charge is 2.22. The van der Waals surface area contributed by atoms with Gasteiger partial charge in [-0.2, -0.15) is 10.4 Å². The van der Waals surface area contributed by atoms with Crippen LogP contribution in [0, 0.1) is 17.1 Å². The lowest BCUT2D eigenvalue weighted by Crippen LogP contribution is -2.18. The van der Waals surface area contributed by atoms with Crippen LogP contribution in [-0.4, -0.2) is 32.9 Å². The SMILES string of the molecule is N#Cc1c(N)ncnc1NCCn1nc2ccc(F)c3c2c1CCO3. The Labute approximate surface area is 142 Å². The van der Waals surface area contributed by atoms with Crippen molar-refractivity contribution in [3.05, 3.63) is 35.5 Å². The highest BCUT2D eigenvalue weighted by molar-refractivity contribution is 5.88. The summed E-state index contributed by atoms with van der Waals surface area (Å²) in [5, 5.41) is 17.5. The highest BCUT2D eigenvalue weighted by Crippen LogP contribution is 2.34. The molecule has 4 rings (SSSR count). The predicted octanol–water partition coefficient (Wildman–Crippen LogP) is 1.47. The maximum Gasteiger partial charge on any atom is 0.166 e. The zero-order chi connectivity index (χ0) is 17.4. The van der Waals surface area contributed by atoms with Crippen molar-refractivity contribution in [2.45, 2.75) is 13.0 Å². The molecule has 3 N–H and O–H groups in total. The highest BCUT2D eigenvalue weighted by atomic mass is 19.1. The summed E-state index contributed by atoms with van der Waals surface area (Å²) in [5.74, 6) is 0.419. The van der Waals surface area contributed by atoms with E-state index in [-0.39, 0.29) is 22.9 Å². The van der Waals surface area contributed by atoms with Gasteiger partial charge in [-0.3, -0.25) is 4.68 Å². The molecular weight excluding hydrogens is 325 g/mol. The molecule has 126 valence electrons. The standard InChI is InChI=1S/C16H14FN7O/c17-10-1-2-11-13-12(3-6-25-14(10)13)24(23-11)5-4-20-16-9(7-18)15(19)21-8-22-16/h1-2,8H,3-6H2,(H3,19,20,21,22). The van der Waals surface area contributed by atoms with E-state index in [4.69, 9.17) is 15.7 Å². The molecule has 0 aliphatic carbocycles. The molecule has 3 aromatic rings. The van der Waals surface area contributed by atoms with Gasteiger partial charge in [-0.15, -0.1) is 0 Å². The van der Waals surface area contributed by atoms with Crippen LogP contribution in [0.25, 0.3) is 10.9 Å². The number of benzene rings is 1. The van der Waals surface area contributed by atoms with Crippen LogP contribution >= 0.6 is 0 Å². The van der Waals surface area contributed by atoms with Gasteiger partial charge < -0.3 is 15.8 Å². The number of anilines is 2. The van der Waals surface area contributed by atoms with Crippen molar-refractivity contribution in [1.82, 2.24) is 19.7 Å². The van der Waals surface area contributed by atoms with E-state index in [9.17, 15) is 4.39 Å². The molecule has 0 saturated heterocycles. The number of nitrogens with one attached hydrogen (secondary N) is 1. The molecule has 0 bridgehead atoms. The third kappa shape index (κ3) is 2.48. The van der Waals surface area contributed by atoms with Crippen molar-refractivity contribution in [2.75, 3.05) is 24.2 Å². The molecule has 0 radical (unpaired) electrons. The van der Waals surface area contributed by atoms with Crippen molar-refractivity contribution in [2.24, 2.45) is 0 Å². The maximum absolute atomic E-state index is 13.9. The van der Waals surface area contributed by atoms with E-state index in [1.165, 1.54) is 12.4 Å². The summed E-state index contributed by atoms with van der Waals surface area (Å²) < 4.78 is 21.2. The molecule has 1 aliphatic heterocycles. The van der Waals surface area contributed by atoms with E-state index in [2.05, 4.69) is 20.4 Å². The zero-order valence-corrected chi connectivity index (χ0v) is 13.2. The first-order chi connectivity index (χ1) is 12.2. The van der Waals surface area contributed by atoms with Gasteiger partial charge in [0.15, 0.2) is 11.6 Å². The van der Waals surface area contributed by atoms with Gasteiger partial charge in [0.25, 0.3) is 0 Å². The topological polar surface area (TPSA) is 115 Å². The molecule has 0 atom stereocenters. The molecule has 3 heterocycles. The van der Waals surface area contributed by atoms with Crippen molar-refractivity contribution < 1.29 is 9.13 Å². The molecule has 0 unspecified atom stereocenters. The number of aromatic nitrogens is 4. The van der Waals surface area contributed by atoms with E-state index < -0.39 is 0 Å². The van der Waals surface area contributed by atoms with Crippen LogP contribution < -0.4 is 15.8 Å². The Bertz CT molecular complexity index is 1010. The number of nitriles is 1. The number of rotatable bonds is 4. The van der Waals surface area contributed by atoms with Crippen molar-refractivity contribution in [1.29, 1.82) is 5.26 Å². The van der Waals surface area contributed by atoms with Crippen LogP contribution in [0.5, 0.6) is 5.75 Å². The van der Waals surface area contributed by atoms with Crippen molar-refractivity contribution >= 4 is 22.5 Å². The summed E-state index contributed by atoms with van der Waals surface area (Å²) >= 11 is 0. The molecule has 2 aromatic heterocycles. The first kappa shape index (κ1) is 15.1. The summed E-state index contributed by atoms with van der Waals surface area (Å²) in [6, 6.07) is 5.00. The summed E-state index contributed by atoms with van der Waals surface area (Å²) in [6.45, 7) is 1.42. The molecule has 0 spiro atoms. The second-order valence-electron chi connectivity index (χ2n) is 5.56. The Morgan fingerprint density at radius 3 is 3.12 bits per heavy atom. The Morgan fingerprint density at radius 1 is 1.40 bits per heavy atom. The molecule has 1 aromatic carbocycles. The lowest BCUT2D eigenvalue weighted by atomic mass is 10.1. The Hall–Kier alpha value is -3.41. The number of ether oxygens (including phenoxy) is 1. The smallest absolute Gasteiger partial charge is 0.166 e. The number of nitrogen functional groups attached to an aromatic ring is 1. The van der Waals surface area contributed by atoms with Gasteiger partial charge in [0, 0.05) is 13.0 Å². The predicted molar refractivity (Wildman–Crippen MR) is 88.5 cm³/mol. The van der Waals surface area contributed by atoms with Gasteiger partial charge in [0.2, 0.25) is 0 Å². The monoisotopic (exact) mass is 339 g/mol. The number of halogens is 1. The second kappa shape index (κ2) is 5.90. The first-order valence-electron chi connectivity index (χ1n) is 7.74. The summed E-state index contributed by atoms with van der Waals surface area (Å²) in [5.41, 5.74) is 7.53. The van der Waals surface area contributed by atoms with Crippen LogP contribution in [-0.2, 0) is 13.0 Å². The fraction of sp³-hybridized carbons (Fsp3) is 0.250. The molecule has 9 heteroatoms. The van der Waals surface area contributed by atoms with E-state index in [1.807, 2.05) is 10.8 Å². The Kier molecular flexibility index (Phi) is 3.57. The van der Waals surface area contributed by atoms with Gasteiger partial charge in [0.05, 0.1) is 29.7 Å². The van der Waals surface area contributed by atoms with Gasteiger partial charge in [-0.25, -0.2) is 14.4 Å². The average Bonchev–Trinajstić information content (AvgIpc) is 2.98. The molecule has 1 aliphatic rings. The fourth-order valence-electron chi connectivity index (χ4n) is 2.98. The molecule has 8 nitrogen and oxygen atoms in total. The average molecular weight is 339 g/mol. The van der Waals surface area contributed by atoms with Crippen molar-refractivity contribution in [3.8, 4) is 11.8 Å². The lowest BCUT2D eigenvalue weighted by Gasteiger charge is -2.16. The quantitative estimate of drug-likeness (QED) is 0.739. The minimum Gasteiger partial charge on any atom is -0.489 e. The second-order valence-corrected chi connectivity index (χ2v) is 5.56. The first-order valence-corrected chi connectivity index (χ1v) is 7.74. The van der Waals surface area contributed by atoms with Gasteiger partial charge in [0.1, 0.15) is 29.6 Å². The Morgan fingerprint density at radius 2 is 2.28 bits per heavy atom. The van der Waals surface area contributed by atoms with Crippen LogP contribution in [0.15, 0.2) is 18.5 Å². The minimum absolute atomic E-state index is 0.136.